The van der Waals surface area contributed by atoms with Crippen molar-refractivity contribution in [2.45, 2.75) is 18.7 Å². The van der Waals surface area contributed by atoms with Crippen LogP contribution in [0.5, 0.6) is 5.75 Å². The van der Waals surface area contributed by atoms with E-state index < -0.39 is 0 Å². The summed E-state index contributed by atoms with van der Waals surface area (Å²) < 4.78 is 5.74. The number of benzene rings is 3. The van der Waals surface area contributed by atoms with Gasteiger partial charge in [0.05, 0.1) is 12.0 Å². The normalized spacial score (nSPS) is 10.5. The molecule has 0 atom stereocenters. The van der Waals surface area contributed by atoms with Gasteiger partial charge in [-0.05, 0) is 42.6 Å². The molecule has 0 fully saturated rings. The van der Waals surface area contributed by atoms with Gasteiger partial charge in [-0.15, -0.1) is 0 Å². The molecule has 0 bridgehead atoms. The van der Waals surface area contributed by atoms with Crippen molar-refractivity contribution in [3.05, 3.63) is 66.2 Å². The van der Waals surface area contributed by atoms with Crippen LogP contribution >= 0.6 is 12.0 Å². The van der Waals surface area contributed by atoms with Crippen LogP contribution < -0.4 is 9.50 Å². The number of carbonyl (C=O) groups excluding carboxylic acids is 1. The number of amides is 1. The molecule has 0 heterocycles. The number of hydrogen-bond donors (Lipinski definition) is 1. The first-order valence-corrected chi connectivity index (χ1v) is 8.07. The van der Waals surface area contributed by atoms with Crippen LogP contribution in [0, 0.1) is 6.92 Å². The molecule has 0 aliphatic carbocycles. The Bertz CT molecular complexity index is 844. The summed E-state index contributed by atoms with van der Waals surface area (Å²) in [6.07, 6.45) is 0. The Morgan fingerprint density at radius 2 is 1.83 bits per heavy atom. The SMILES string of the molecule is CC(=O)Nc1cccc2cc(SOc3ccc(C)cc3)ccc12. The molecule has 0 radical (unpaired) electrons. The highest BCUT2D eigenvalue weighted by molar-refractivity contribution is 7.95. The molecule has 3 aromatic carbocycles. The van der Waals surface area contributed by atoms with Gasteiger partial charge in [-0.25, -0.2) is 0 Å². The molecular weight excluding hydrogens is 306 g/mol. The van der Waals surface area contributed by atoms with Gasteiger partial charge in [-0.2, -0.15) is 0 Å². The summed E-state index contributed by atoms with van der Waals surface area (Å²) in [4.78, 5) is 12.3. The lowest BCUT2D eigenvalue weighted by atomic mass is 10.1. The van der Waals surface area contributed by atoms with Crippen LogP contribution in [-0.4, -0.2) is 5.91 Å². The summed E-state index contributed by atoms with van der Waals surface area (Å²) in [7, 11) is 0. The van der Waals surface area contributed by atoms with Crippen molar-refractivity contribution in [1.82, 2.24) is 0 Å². The third-order valence-corrected chi connectivity index (χ3v) is 4.14. The molecule has 23 heavy (non-hydrogen) atoms. The highest BCUT2D eigenvalue weighted by Gasteiger charge is 2.05. The smallest absolute Gasteiger partial charge is 0.221 e. The summed E-state index contributed by atoms with van der Waals surface area (Å²) >= 11 is 1.33. The molecule has 1 N–H and O–H groups in total. The first-order chi connectivity index (χ1) is 11.1. The van der Waals surface area contributed by atoms with Gasteiger partial charge in [0.2, 0.25) is 5.91 Å². The average Bonchev–Trinajstić information content (AvgIpc) is 2.54. The largest absolute Gasteiger partial charge is 0.421 e. The molecule has 116 valence electrons. The molecule has 3 rings (SSSR count). The fourth-order valence-electron chi connectivity index (χ4n) is 2.30. The molecule has 0 aliphatic rings. The number of rotatable bonds is 4. The van der Waals surface area contributed by atoms with Gasteiger partial charge in [-0.3, -0.25) is 4.79 Å². The zero-order valence-electron chi connectivity index (χ0n) is 13.0. The van der Waals surface area contributed by atoms with Crippen LogP contribution in [0.2, 0.25) is 0 Å². The Morgan fingerprint density at radius 3 is 2.57 bits per heavy atom. The number of fused-ring (bicyclic) bond motifs is 1. The van der Waals surface area contributed by atoms with Gasteiger partial charge in [0.1, 0.15) is 5.75 Å². The number of aryl methyl sites for hydroxylation is 1. The van der Waals surface area contributed by atoms with Gasteiger partial charge in [-0.1, -0.05) is 35.9 Å². The predicted molar refractivity (Wildman–Crippen MR) is 95.9 cm³/mol. The van der Waals surface area contributed by atoms with Crippen molar-refractivity contribution >= 4 is 34.4 Å². The highest BCUT2D eigenvalue weighted by atomic mass is 32.2. The van der Waals surface area contributed by atoms with Crippen LogP contribution in [0.4, 0.5) is 5.69 Å². The van der Waals surface area contributed by atoms with Gasteiger partial charge in [0.15, 0.2) is 0 Å². The standard InChI is InChI=1S/C19H17NO2S/c1-13-6-8-16(9-7-13)22-23-17-10-11-18-15(12-17)4-3-5-19(18)20-14(2)21/h3-12H,1-2H3,(H,20,21). The van der Waals surface area contributed by atoms with Gasteiger partial charge in [0, 0.05) is 22.9 Å². The Morgan fingerprint density at radius 1 is 1.04 bits per heavy atom. The van der Waals surface area contributed by atoms with Crippen molar-refractivity contribution in [3.8, 4) is 5.75 Å². The number of nitrogens with one attached hydrogen (secondary N) is 1. The van der Waals surface area contributed by atoms with Gasteiger partial charge < -0.3 is 9.50 Å². The summed E-state index contributed by atoms with van der Waals surface area (Å²) in [5, 5.41) is 4.93. The summed E-state index contributed by atoms with van der Waals surface area (Å²) in [6.45, 7) is 3.56. The molecule has 0 saturated heterocycles. The molecule has 3 aromatic rings. The van der Waals surface area contributed by atoms with Crippen molar-refractivity contribution in [2.24, 2.45) is 0 Å². The Hall–Kier alpha value is -2.46. The zero-order valence-corrected chi connectivity index (χ0v) is 13.8. The molecular formula is C19H17NO2S. The van der Waals surface area contributed by atoms with E-state index in [1.54, 1.807) is 0 Å². The second-order valence-corrected chi connectivity index (χ2v) is 6.15. The van der Waals surface area contributed by atoms with E-state index in [2.05, 4.69) is 11.4 Å². The van der Waals surface area contributed by atoms with E-state index in [1.165, 1.54) is 24.5 Å². The maximum atomic E-state index is 11.3. The van der Waals surface area contributed by atoms with Gasteiger partial charge >= 0.3 is 0 Å². The Balaban J connectivity index is 1.80. The van der Waals surface area contributed by atoms with Crippen LogP contribution in [0.1, 0.15) is 12.5 Å². The minimum Gasteiger partial charge on any atom is -0.421 e. The fourth-order valence-corrected chi connectivity index (χ4v) is 2.90. The minimum absolute atomic E-state index is 0.0707. The molecule has 0 spiro atoms. The lowest BCUT2D eigenvalue weighted by Crippen LogP contribution is -2.05. The average molecular weight is 323 g/mol. The summed E-state index contributed by atoms with van der Waals surface area (Å²) in [5.74, 6) is 0.756. The molecule has 0 unspecified atom stereocenters. The van der Waals surface area contributed by atoms with Crippen molar-refractivity contribution in [2.75, 3.05) is 5.32 Å². The summed E-state index contributed by atoms with van der Waals surface area (Å²) in [5.41, 5.74) is 2.03. The summed E-state index contributed by atoms with van der Waals surface area (Å²) in [6, 6.07) is 19.9. The first kappa shape index (κ1) is 15.4. The lowest BCUT2D eigenvalue weighted by Gasteiger charge is -2.09. The van der Waals surface area contributed by atoms with Crippen LogP contribution in [0.3, 0.4) is 0 Å². The van der Waals surface area contributed by atoms with E-state index in [-0.39, 0.29) is 5.91 Å². The van der Waals surface area contributed by atoms with Crippen molar-refractivity contribution in [1.29, 1.82) is 0 Å². The lowest BCUT2D eigenvalue weighted by molar-refractivity contribution is -0.114. The number of anilines is 1. The maximum absolute atomic E-state index is 11.3. The second-order valence-electron chi connectivity index (χ2n) is 5.35. The zero-order chi connectivity index (χ0) is 16.2. The Labute approximate surface area is 139 Å². The van der Waals surface area contributed by atoms with Gasteiger partial charge in [0.25, 0.3) is 0 Å². The van der Waals surface area contributed by atoms with Crippen LogP contribution in [0.15, 0.2) is 65.6 Å². The van der Waals surface area contributed by atoms with E-state index in [4.69, 9.17) is 4.18 Å². The molecule has 3 nitrogen and oxygen atoms in total. The molecule has 1 amide bonds. The molecule has 0 saturated carbocycles. The van der Waals surface area contributed by atoms with Crippen LogP contribution in [-0.2, 0) is 4.79 Å². The molecule has 4 heteroatoms. The van der Waals surface area contributed by atoms with Crippen LogP contribution in [0.25, 0.3) is 10.8 Å². The second kappa shape index (κ2) is 6.75. The molecule has 0 aromatic heterocycles. The third-order valence-electron chi connectivity index (χ3n) is 3.42. The van der Waals surface area contributed by atoms with Crippen molar-refractivity contribution < 1.29 is 8.98 Å². The predicted octanol–water partition coefficient (Wildman–Crippen LogP) is 5.19. The number of carbonyl (C=O) groups is 1. The first-order valence-electron chi connectivity index (χ1n) is 7.33. The third kappa shape index (κ3) is 3.85. The van der Waals surface area contributed by atoms with E-state index in [0.717, 1.165) is 27.1 Å². The fraction of sp³-hybridized carbons (Fsp3) is 0.105. The monoisotopic (exact) mass is 323 g/mol. The quantitative estimate of drug-likeness (QED) is 0.671. The Kier molecular flexibility index (Phi) is 4.53. The minimum atomic E-state index is -0.0707. The van der Waals surface area contributed by atoms with E-state index >= 15 is 0 Å². The highest BCUT2D eigenvalue weighted by Crippen LogP contribution is 2.30. The molecule has 0 aliphatic heterocycles. The number of hydrogen-bond acceptors (Lipinski definition) is 3. The van der Waals surface area contributed by atoms with Crippen molar-refractivity contribution in [3.63, 3.8) is 0 Å². The van der Waals surface area contributed by atoms with E-state index in [9.17, 15) is 4.79 Å². The maximum Gasteiger partial charge on any atom is 0.221 e. The van der Waals surface area contributed by atoms with E-state index in [0.29, 0.717) is 0 Å². The van der Waals surface area contributed by atoms with E-state index in [1.807, 2.05) is 61.5 Å². The topological polar surface area (TPSA) is 38.3 Å².